The van der Waals surface area contributed by atoms with Crippen LogP contribution in [0, 0.1) is 0 Å². The Hall–Kier alpha value is -0.0300. The molecule has 2 nitrogen and oxygen atoms in total. The molecule has 0 radical (unpaired) electrons. The Morgan fingerprint density at radius 2 is 1.95 bits per heavy atom. The Morgan fingerprint density at radius 3 is 2.63 bits per heavy atom. The number of hydrogen-bond acceptors (Lipinski definition) is 3. The van der Waals surface area contributed by atoms with Crippen molar-refractivity contribution < 1.29 is 5.11 Å². The summed E-state index contributed by atoms with van der Waals surface area (Å²) in [4.78, 5) is 0. The Balaban J connectivity index is 1.55. The average molecular weight is 344 g/mol. The normalized spacial score (nSPS) is 22.2. The monoisotopic (exact) mass is 343 g/mol. The van der Waals surface area contributed by atoms with E-state index in [1.54, 1.807) is 0 Å². The maximum Gasteiger partial charge on any atom is 0.0438 e. The number of aliphatic hydroxyl groups excluding tert-OH is 1. The van der Waals surface area contributed by atoms with Gasteiger partial charge in [0.15, 0.2) is 0 Å². The van der Waals surface area contributed by atoms with Crippen LogP contribution >= 0.6 is 27.7 Å². The SMILES string of the molecule is OCCCSCCNC1CC(c2ccc(Br)cc2)C1. The highest BCUT2D eigenvalue weighted by atomic mass is 79.9. The standard InChI is InChI=1S/C15H22BrNOS/c16-14-4-2-12(3-5-14)13-10-15(11-13)17-6-9-19-8-1-7-18/h2-5,13,15,17-18H,1,6-11H2. The van der Waals surface area contributed by atoms with Gasteiger partial charge in [0, 0.05) is 29.4 Å². The quantitative estimate of drug-likeness (QED) is 0.709. The van der Waals surface area contributed by atoms with Crippen LogP contribution < -0.4 is 5.32 Å². The molecule has 0 saturated heterocycles. The Morgan fingerprint density at radius 1 is 1.21 bits per heavy atom. The van der Waals surface area contributed by atoms with Crippen molar-refractivity contribution in [1.29, 1.82) is 0 Å². The molecule has 4 heteroatoms. The summed E-state index contributed by atoms with van der Waals surface area (Å²) in [5.41, 5.74) is 1.47. The number of hydrogen-bond donors (Lipinski definition) is 2. The molecule has 2 N–H and O–H groups in total. The molecule has 19 heavy (non-hydrogen) atoms. The van der Waals surface area contributed by atoms with Crippen molar-refractivity contribution in [3.8, 4) is 0 Å². The van der Waals surface area contributed by atoms with Crippen molar-refractivity contribution in [2.75, 3.05) is 24.7 Å². The zero-order valence-corrected chi connectivity index (χ0v) is 13.5. The third-order valence-corrected chi connectivity index (χ3v) is 5.20. The highest BCUT2D eigenvalue weighted by Gasteiger charge is 2.29. The minimum Gasteiger partial charge on any atom is -0.396 e. The number of nitrogens with one attached hydrogen (secondary N) is 1. The first-order valence-electron chi connectivity index (χ1n) is 6.97. The third kappa shape index (κ3) is 5.10. The number of halogens is 1. The van der Waals surface area contributed by atoms with E-state index in [2.05, 4.69) is 45.5 Å². The van der Waals surface area contributed by atoms with E-state index >= 15 is 0 Å². The molecule has 1 fully saturated rings. The zero-order chi connectivity index (χ0) is 13.5. The predicted octanol–water partition coefficient (Wildman–Crippen LogP) is 3.40. The summed E-state index contributed by atoms with van der Waals surface area (Å²) in [7, 11) is 0. The molecule has 1 aromatic rings. The molecule has 0 unspecified atom stereocenters. The molecule has 1 aliphatic carbocycles. The van der Waals surface area contributed by atoms with Crippen molar-refractivity contribution >= 4 is 27.7 Å². The lowest BCUT2D eigenvalue weighted by Crippen LogP contribution is -2.41. The van der Waals surface area contributed by atoms with E-state index in [4.69, 9.17) is 5.11 Å². The summed E-state index contributed by atoms with van der Waals surface area (Å²) in [6.45, 7) is 1.41. The second-order valence-electron chi connectivity index (χ2n) is 5.06. The summed E-state index contributed by atoms with van der Waals surface area (Å²) in [6.07, 6.45) is 3.45. The van der Waals surface area contributed by atoms with Crippen LogP contribution in [0.1, 0.15) is 30.7 Å². The van der Waals surface area contributed by atoms with Gasteiger partial charge in [-0.2, -0.15) is 11.8 Å². The fourth-order valence-corrected chi connectivity index (χ4v) is 3.46. The highest BCUT2D eigenvalue weighted by Crippen LogP contribution is 2.37. The molecule has 2 rings (SSSR count). The average Bonchev–Trinajstić information content (AvgIpc) is 2.37. The maximum atomic E-state index is 8.68. The predicted molar refractivity (Wildman–Crippen MR) is 86.9 cm³/mol. The Labute approximate surface area is 128 Å². The lowest BCUT2D eigenvalue weighted by Gasteiger charge is -2.36. The van der Waals surface area contributed by atoms with E-state index in [-0.39, 0.29) is 0 Å². The minimum atomic E-state index is 0.317. The van der Waals surface area contributed by atoms with Crippen LogP contribution in [0.25, 0.3) is 0 Å². The summed E-state index contributed by atoms with van der Waals surface area (Å²) >= 11 is 5.40. The first-order valence-corrected chi connectivity index (χ1v) is 8.92. The van der Waals surface area contributed by atoms with Crippen molar-refractivity contribution in [3.05, 3.63) is 34.3 Å². The molecule has 0 heterocycles. The van der Waals surface area contributed by atoms with Gasteiger partial charge in [0.25, 0.3) is 0 Å². The van der Waals surface area contributed by atoms with E-state index in [0.717, 1.165) is 34.9 Å². The molecule has 0 spiro atoms. The van der Waals surface area contributed by atoms with Crippen molar-refractivity contribution in [2.24, 2.45) is 0 Å². The molecule has 1 saturated carbocycles. The molecule has 0 atom stereocenters. The molecule has 0 aliphatic heterocycles. The van der Waals surface area contributed by atoms with E-state index in [9.17, 15) is 0 Å². The smallest absolute Gasteiger partial charge is 0.0438 e. The molecule has 0 amide bonds. The first kappa shape index (κ1) is 15.4. The van der Waals surface area contributed by atoms with Crippen LogP contribution in [-0.2, 0) is 0 Å². The molecule has 106 valence electrons. The van der Waals surface area contributed by atoms with Crippen molar-refractivity contribution in [2.45, 2.75) is 31.2 Å². The van der Waals surface area contributed by atoms with Gasteiger partial charge in [0.05, 0.1) is 0 Å². The number of benzene rings is 1. The lowest BCUT2D eigenvalue weighted by atomic mass is 9.76. The van der Waals surface area contributed by atoms with Crippen LogP contribution in [0.4, 0.5) is 0 Å². The molecule has 1 aromatic carbocycles. The van der Waals surface area contributed by atoms with Crippen LogP contribution in [-0.4, -0.2) is 35.8 Å². The minimum absolute atomic E-state index is 0.317. The van der Waals surface area contributed by atoms with E-state index in [1.807, 2.05) is 11.8 Å². The van der Waals surface area contributed by atoms with Gasteiger partial charge in [-0.15, -0.1) is 0 Å². The largest absolute Gasteiger partial charge is 0.396 e. The Kier molecular flexibility index (Phi) is 6.71. The molecule has 0 aromatic heterocycles. The zero-order valence-electron chi connectivity index (χ0n) is 11.1. The summed E-state index contributed by atoms with van der Waals surface area (Å²) in [5.74, 6) is 2.97. The van der Waals surface area contributed by atoms with Crippen molar-refractivity contribution in [1.82, 2.24) is 5.32 Å². The van der Waals surface area contributed by atoms with Gasteiger partial charge < -0.3 is 10.4 Å². The molecular formula is C15H22BrNOS. The van der Waals surface area contributed by atoms with Crippen molar-refractivity contribution in [3.63, 3.8) is 0 Å². The molecular weight excluding hydrogens is 322 g/mol. The lowest BCUT2D eigenvalue weighted by molar-refractivity contribution is 0.295. The summed E-state index contributed by atoms with van der Waals surface area (Å²) < 4.78 is 1.16. The van der Waals surface area contributed by atoms with E-state index in [0.29, 0.717) is 12.6 Å². The number of thioether (sulfide) groups is 1. The highest BCUT2D eigenvalue weighted by molar-refractivity contribution is 9.10. The van der Waals surface area contributed by atoms with Gasteiger partial charge in [-0.25, -0.2) is 0 Å². The van der Waals surface area contributed by atoms with E-state index in [1.165, 1.54) is 18.4 Å². The van der Waals surface area contributed by atoms with E-state index < -0.39 is 0 Å². The summed E-state index contributed by atoms with van der Waals surface area (Å²) in [6, 6.07) is 9.43. The van der Waals surface area contributed by atoms with Gasteiger partial charge in [-0.3, -0.25) is 0 Å². The van der Waals surface area contributed by atoms with Crippen LogP contribution in [0.3, 0.4) is 0 Å². The van der Waals surface area contributed by atoms with Gasteiger partial charge in [0.2, 0.25) is 0 Å². The third-order valence-electron chi connectivity index (χ3n) is 3.61. The maximum absolute atomic E-state index is 8.68. The van der Waals surface area contributed by atoms with Crippen LogP contribution in [0.5, 0.6) is 0 Å². The van der Waals surface area contributed by atoms with Gasteiger partial charge in [-0.1, -0.05) is 28.1 Å². The number of rotatable bonds is 8. The molecule has 0 bridgehead atoms. The second-order valence-corrected chi connectivity index (χ2v) is 7.20. The second kappa shape index (κ2) is 8.30. The first-order chi connectivity index (χ1) is 9.29. The van der Waals surface area contributed by atoms with Gasteiger partial charge >= 0.3 is 0 Å². The topological polar surface area (TPSA) is 32.3 Å². The fraction of sp³-hybridized carbons (Fsp3) is 0.600. The van der Waals surface area contributed by atoms with Crippen LogP contribution in [0.2, 0.25) is 0 Å². The Bertz CT molecular complexity index is 365. The van der Waals surface area contributed by atoms with Gasteiger partial charge in [0.1, 0.15) is 0 Å². The molecule has 1 aliphatic rings. The van der Waals surface area contributed by atoms with Gasteiger partial charge in [-0.05, 0) is 48.6 Å². The number of aliphatic hydroxyl groups is 1. The fourth-order valence-electron chi connectivity index (χ4n) is 2.40. The summed E-state index contributed by atoms with van der Waals surface area (Å²) in [5, 5.41) is 12.3. The van der Waals surface area contributed by atoms with Crippen LogP contribution in [0.15, 0.2) is 28.7 Å².